The molecule has 1 aromatic heterocycles. The molecule has 8 heteroatoms. The Labute approximate surface area is 131 Å². The summed E-state index contributed by atoms with van der Waals surface area (Å²) >= 11 is 9.06. The van der Waals surface area contributed by atoms with Crippen LogP contribution in [0.1, 0.15) is 5.82 Å². The number of thioether (sulfide) groups is 1. The lowest BCUT2D eigenvalue weighted by atomic mass is 10.3. The van der Waals surface area contributed by atoms with Gasteiger partial charge in [0.2, 0.25) is 0 Å². The molecular formula is C12H11BrClF3N2S. The van der Waals surface area contributed by atoms with Gasteiger partial charge in [-0.25, -0.2) is 4.98 Å². The maximum atomic E-state index is 12.2. The molecule has 1 aromatic carbocycles. The first-order chi connectivity index (χ1) is 9.40. The topological polar surface area (TPSA) is 17.8 Å². The Hall–Kier alpha value is -0.400. The third-order valence-electron chi connectivity index (χ3n) is 2.69. The van der Waals surface area contributed by atoms with Gasteiger partial charge in [0, 0.05) is 29.1 Å². The molecule has 0 radical (unpaired) electrons. The molecule has 0 N–H and O–H groups in total. The molecule has 0 saturated heterocycles. The Morgan fingerprint density at radius 2 is 2.10 bits per heavy atom. The molecule has 0 bridgehead atoms. The number of rotatable bonds is 5. The summed E-state index contributed by atoms with van der Waals surface area (Å²) in [7, 11) is 0. The Kier molecular flexibility index (Phi) is 5.25. The summed E-state index contributed by atoms with van der Waals surface area (Å²) in [6.07, 6.45) is 0.532. The summed E-state index contributed by atoms with van der Waals surface area (Å²) in [5, 5.41) is 0. The van der Waals surface area contributed by atoms with E-state index in [1.165, 1.54) is 0 Å². The van der Waals surface area contributed by atoms with E-state index in [1.54, 1.807) is 0 Å². The number of halogens is 5. The van der Waals surface area contributed by atoms with E-state index in [-0.39, 0.29) is 24.1 Å². The van der Waals surface area contributed by atoms with Gasteiger partial charge in [-0.2, -0.15) is 13.2 Å². The Balaban J connectivity index is 2.26. The van der Waals surface area contributed by atoms with E-state index in [9.17, 15) is 13.2 Å². The SMILES string of the molecule is FC(F)(F)SCCn1c(CCCl)nc2cc(Br)ccc21. The second-order valence-corrected chi connectivity index (χ2v) is 6.50. The average Bonchev–Trinajstić information content (AvgIpc) is 2.65. The standard InChI is InChI=1S/C12H11BrClF3N2S/c13-8-1-2-10-9(7-8)18-11(3-4-14)19(10)5-6-20-12(15,16)17/h1-2,7H,3-6H2. The van der Waals surface area contributed by atoms with Crippen molar-refractivity contribution in [3.05, 3.63) is 28.5 Å². The van der Waals surface area contributed by atoms with Crippen molar-refractivity contribution in [2.75, 3.05) is 11.6 Å². The van der Waals surface area contributed by atoms with Gasteiger partial charge in [-0.05, 0) is 30.0 Å². The maximum Gasteiger partial charge on any atom is 0.441 e. The van der Waals surface area contributed by atoms with Crippen molar-refractivity contribution in [3.63, 3.8) is 0 Å². The monoisotopic (exact) mass is 386 g/mol. The van der Waals surface area contributed by atoms with Gasteiger partial charge >= 0.3 is 5.51 Å². The molecule has 0 spiro atoms. The summed E-state index contributed by atoms with van der Waals surface area (Å²) in [5.74, 6) is 1.06. The molecule has 0 aliphatic heterocycles. The van der Waals surface area contributed by atoms with E-state index in [0.29, 0.717) is 12.3 Å². The predicted molar refractivity (Wildman–Crippen MR) is 80.4 cm³/mol. The summed E-state index contributed by atoms with van der Waals surface area (Å²) < 4.78 is 39.3. The molecule has 110 valence electrons. The zero-order valence-corrected chi connectivity index (χ0v) is 13.4. The van der Waals surface area contributed by atoms with Crippen LogP contribution in [0.4, 0.5) is 13.2 Å². The summed E-state index contributed by atoms with van der Waals surface area (Å²) in [6.45, 7) is 0.258. The summed E-state index contributed by atoms with van der Waals surface area (Å²) in [5.41, 5.74) is -2.61. The van der Waals surface area contributed by atoms with E-state index in [2.05, 4.69) is 20.9 Å². The van der Waals surface area contributed by atoms with Crippen molar-refractivity contribution in [1.82, 2.24) is 9.55 Å². The fraction of sp³-hybridized carbons (Fsp3) is 0.417. The first-order valence-corrected chi connectivity index (χ1v) is 8.13. The number of alkyl halides is 4. The lowest BCUT2D eigenvalue weighted by Gasteiger charge is -2.09. The highest BCUT2D eigenvalue weighted by atomic mass is 79.9. The van der Waals surface area contributed by atoms with E-state index in [0.717, 1.165) is 21.3 Å². The second-order valence-electron chi connectivity index (χ2n) is 4.05. The molecule has 0 aliphatic carbocycles. The molecule has 2 nitrogen and oxygen atoms in total. The van der Waals surface area contributed by atoms with Crippen LogP contribution in [0.3, 0.4) is 0 Å². The normalized spacial score (nSPS) is 12.2. The molecule has 0 saturated carbocycles. The maximum absolute atomic E-state index is 12.2. The number of fused-ring (bicyclic) bond motifs is 1. The number of aryl methyl sites for hydroxylation is 2. The van der Waals surface area contributed by atoms with E-state index >= 15 is 0 Å². The molecule has 0 atom stereocenters. The lowest BCUT2D eigenvalue weighted by Crippen LogP contribution is -2.10. The van der Waals surface area contributed by atoms with Crippen LogP contribution in [-0.4, -0.2) is 26.7 Å². The van der Waals surface area contributed by atoms with Crippen molar-refractivity contribution < 1.29 is 13.2 Å². The zero-order chi connectivity index (χ0) is 14.8. The Morgan fingerprint density at radius 3 is 2.75 bits per heavy atom. The van der Waals surface area contributed by atoms with Crippen molar-refractivity contribution in [3.8, 4) is 0 Å². The third-order valence-corrected chi connectivity index (χ3v) is 4.08. The smallest absolute Gasteiger partial charge is 0.327 e. The highest BCUT2D eigenvalue weighted by molar-refractivity contribution is 9.10. The van der Waals surface area contributed by atoms with Gasteiger partial charge in [0.1, 0.15) is 5.82 Å². The molecule has 0 unspecified atom stereocenters. The van der Waals surface area contributed by atoms with Crippen LogP contribution < -0.4 is 0 Å². The molecule has 0 fully saturated rings. The fourth-order valence-electron chi connectivity index (χ4n) is 1.93. The zero-order valence-electron chi connectivity index (χ0n) is 10.3. The number of hydrogen-bond donors (Lipinski definition) is 0. The quantitative estimate of drug-likeness (QED) is 0.684. The largest absolute Gasteiger partial charge is 0.441 e. The highest BCUT2D eigenvalue weighted by Crippen LogP contribution is 2.30. The van der Waals surface area contributed by atoms with Gasteiger partial charge in [0.15, 0.2) is 0 Å². The van der Waals surface area contributed by atoms with Crippen molar-refractivity contribution in [1.29, 1.82) is 0 Å². The minimum Gasteiger partial charge on any atom is -0.327 e. The van der Waals surface area contributed by atoms with Crippen molar-refractivity contribution in [2.24, 2.45) is 0 Å². The second kappa shape index (κ2) is 6.58. The molecular weight excluding hydrogens is 377 g/mol. The van der Waals surface area contributed by atoms with Crippen molar-refractivity contribution >= 4 is 50.3 Å². The minimum atomic E-state index is -4.20. The van der Waals surface area contributed by atoms with Gasteiger partial charge < -0.3 is 4.57 Å². The number of imidazole rings is 1. The summed E-state index contributed by atoms with van der Waals surface area (Å²) in [6, 6.07) is 5.55. The van der Waals surface area contributed by atoms with Gasteiger partial charge in [0.05, 0.1) is 11.0 Å². The predicted octanol–water partition coefficient (Wildman–Crippen LogP) is 4.83. The van der Waals surface area contributed by atoms with Crippen LogP contribution in [0.5, 0.6) is 0 Å². The van der Waals surface area contributed by atoms with Crippen LogP contribution >= 0.6 is 39.3 Å². The average molecular weight is 388 g/mol. The van der Waals surface area contributed by atoms with Gasteiger partial charge in [-0.3, -0.25) is 0 Å². The number of hydrogen-bond acceptors (Lipinski definition) is 2. The van der Waals surface area contributed by atoms with Gasteiger partial charge in [0.25, 0.3) is 0 Å². The summed E-state index contributed by atoms with van der Waals surface area (Å²) in [4.78, 5) is 4.44. The number of aromatic nitrogens is 2. The highest BCUT2D eigenvalue weighted by Gasteiger charge is 2.27. The third kappa shape index (κ3) is 4.05. The van der Waals surface area contributed by atoms with Crippen LogP contribution in [-0.2, 0) is 13.0 Å². The first-order valence-electron chi connectivity index (χ1n) is 5.82. The Bertz CT molecular complexity index is 600. The molecule has 2 aromatic rings. The number of benzene rings is 1. The fourth-order valence-corrected chi connectivity index (χ4v) is 2.95. The van der Waals surface area contributed by atoms with E-state index in [1.807, 2.05) is 22.8 Å². The van der Waals surface area contributed by atoms with Crippen LogP contribution in [0, 0.1) is 0 Å². The van der Waals surface area contributed by atoms with Crippen molar-refractivity contribution in [2.45, 2.75) is 18.5 Å². The van der Waals surface area contributed by atoms with Crippen LogP contribution in [0.2, 0.25) is 0 Å². The van der Waals surface area contributed by atoms with Gasteiger partial charge in [-0.1, -0.05) is 15.9 Å². The van der Waals surface area contributed by atoms with Crippen LogP contribution in [0.25, 0.3) is 11.0 Å². The number of nitrogens with zero attached hydrogens (tertiary/aromatic N) is 2. The molecule has 20 heavy (non-hydrogen) atoms. The van der Waals surface area contributed by atoms with Gasteiger partial charge in [-0.15, -0.1) is 11.6 Å². The molecule has 0 amide bonds. The molecule has 1 heterocycles. The minimum absolute atomic E-state index is 0.0206. The molecule has 0 aliphatic rings. The first kappa shape index (κ1) is 16.0. The molecule has 2 rings (SSSR count). The van der Waals surface area contributed by atoms with E-state index in [4.69, 9.17) is 11.6 Å². The van der Waals surface area contributed by atoms with E-state index < -0.39 is 5.51 Å². The lowest BCUT2D eigenvalue weighted by molar-refractivity contribution is -0.0328. The van der Waals surface area contributed by atoms with Crippen LogP contribution in [0.15, 0.2) is 22.7 Å². The Morgan fingerprint density at radius 1 is 1.35 bits per heavy atom.